The van der Waals surface area contributed by atoms with Crippen LogP contribution in [0.5, 0.6) is 0 Å². The molecular formula is C15H21N3. The van der Waals surface area contributed by atoms with Gasteiger partial charge in [0.2, 0.25) is 0 Å². The Kier molecular flexibility index (Phi) is 3.88. The quantitative estimate of drug-likeness (QED) is 0.798. The van der Waals surface area contributed by atoms with Crippen molar-refractivity contribution in [1.29, 1.82) is 5.26 Å². The van der Waals surface area contributed by atoms with Gasteiger partial charge in [0, 0.05) is 25.3 Å². The molecule has 3 heteroatoms. The minimum Gasteiger partial charge on any atom is -0.365 e. The summed E-state index contributed by atoms with van der Waals surface area (Å²) in [6.07, 6.45) is 0.595. The number of nitrogens with zero attached hydrogens (tertiary/aromatic N) is 3. The third-order valence-corrected chi connectivity index (χ3v) is 3.83. The van der Waals surface area contributed by atoms with Gasteiger partial charge in [-0.25, -0.2) is 0 Å². The number of nitriles is 1. The molecule has 0 aromatic heterocycles. The summed E-state index contributed by atoms with van der Waals surface area (Å²) in [5.41, 5.74) is 3.90. The summed E-state index contributed by atoms with van der Waals surface area (Å²) in [6.45, 7) is 7.32. The van der Waals surface area contributed by atoms with Crippen molar-refractivity contribution in [2.45, 2.75) is 26.3 Å². The van der Waals surface area contributed by atoms with Gasteiger partial charge in [-0.3, -0.25) is 0 Å². The van der Waals surface area contributed by atoms with Crippen LogP contribution in [0.25, 0.3) is 0 Å². The van der Waals surface area contributed by atoms with Gasteiger partial charge in [-0.1, -0.05) is 6.07 Å². The van der Waals surface area contributed by atoms with Crippen LogP contribution in [0.2, 0.25) is 0 Å². The van der Waals surface area contributed by atoms with Gasteiger partial charge < -0.3 is 9.80 Å². The van der Waals surface area contributed by atoms with E-state index in [4.69, 9.17) is 5.26 Å². The normalized spacial score (nSPS) is 20.8. The fraction of sp³-hybridized carbons (Fsp3) is 0.533. The van der Waals surface area contributed by atoms with E-state index >= 15 is 0 Å². The minimum absolute atomic E-state index is 0.316. The molecule has 1 aromatic rings. The topological polar surface area (TPSA) is 30.3 Å². The van der Waals surface area contributed by atoms with Gasteiger partial charge in [-0.05, 0) is 44.2 Å². The highest BCUT2D eigenvalue weighted by atomic mass is 15.3. The molecule has 1 aliphatic heterocycles. The first-order valence-electron chi connectivity index (χ1n) is 6.51. The minimum atomic E-state index is 0.316. The number of aryl methyl sites for hydroxylation is 2. The lowest BCUT2D eigenvalue weighted by molar-refractivity contribution is 0.268. The van der Waals surface area contributed by atoms with Crippen LogP contribution < -0.4 is 4.90 Å². The second-order valence-corrected chi connectivity index (χ2v) is 5.24. The second-order valence-electron chi connectivity index (χ2n) is 5.24. The molecule has 1 aliphatic rings. The maximum absolute atomic E-state index is 8.97. The van der Waals surface area contributed by atoms with E-state index in [-0.39, 0.29) is 0 Å². The van der Waals surface area contributed by atoms with Crippen molar-refractivity contribution in [1.82, 2.24) is 4.90 Å². The van der Waals surface area contributed by atoms with E-state index in [9.17, 15) is 0 Å². The molecule has 1 heterocycles. The van der Waals surface area contributed by atoms with Crippen LogP contribution in [0, 0.1) is 25.2 Å². The highest BCUT2D eigenvalue weighted by Gasteiger charge is 2.25. The molecular weight excluding hydrogens is 222 g/mol. The Morgan fingerprint density at radius 3 is 2.72 bits per heavy atom. The van der Waals surface area contributed by atoms with E-state index in [0.29, 0.717) is 12.5 Å². The zero-order valence-electron chi connectivity index (χ0n) is 11.5. The Morgan fingerprint density at radius 2 is 2.06 bits per heavy atom. The fourth-order valence-electron chi connectivity index (χ4n) is 2.53. The second kappa shape index (κ2) is 5.41. The van der Waals surface area contributed by atoms with Crippen LogP contribution in [0.4, 0.5) is 5.69 Å². The molecule has 1 unspecified atom stereocenters. The van der Waals surface area contributed by atoms with Gasteiger partial charge in [-0.2, -0.15) is 5.26 Å². The standard InChI is InChI=1S/C15H21N3/c1-12-4-5-14(10-13(12)2)18-9-8-17(3)11-15(18)6-7-16/h4-5,10,15H,6,8-9,11H2,1-3H3. The summed E-state index contributed by atoms with van der Waals surface area (Å²) >= 11 is 0. The molecule has 0 spiro atoms. The monoisotopic (exact) mass is 243 g/mol. The van der Waals surface area contributed by atoms with Crippen molar-refractivity contribution in [3.63, 3.8) is 0 Å². The van der Waals surface area contributed by atoms with Gasteiger partial charge in [0.05, 0.1) is 18.5 Å². The highest BCUT2D eigenvalue weighted by molar-refractivity contribution is 5.52. The number of benzene rings is 1. The molecule has 0 saturated carbocycles. The van der Waals surface area contributed by atoms with Crippen LogP contribution in [-0.4, -0.2) is 37.6 Å². The first-order chi connectivity index (χ1) is 8.61. The number of rotatable bonds is 2. The molecule has 1 aromatic carbocycles. The molecule has 0 radical (unpaired) electrons. The first kappa shape index (κ1) is 12.9. The van der Waals surface area contributed by atoms with Crippen molar-refractivity contribution in [2.75, 3.05) is 31.6 Å². The lowest BCUT2D eigenvalue weighted by atomic mass is 10.0. The van der Waals surface area contributed by atoms with Crippen LogP contribution in [-0.2, 0) is 0 Å². The molecule has 96 valence electrons. The number of hydrogen-bond acceptors (Lipinski definition) is 3. The van der Waals surface area contributed by atoms with Crippen molar-refractivity contribution >= 4 is 5.69 Å². The number of piperazine rings is 1. The number of anilines is 1. The summed E-state index contributed by atoms with van der Waals surface area (Å²) < 4.78 is 0. The van der Waals surface area contributed by atoms with Crippen LogP contribution in [0.1, 0.15) is 17.5 Å². The maximum atomic E-state index is 8.97. The fourth-order valence-corrected chi connectivity index (χ4v) is 2.53. The SMILES string of the molecule is Cc1ccc(N2CCN(C)CC2CC#N)cc1C. The van der Waals surface area contributed by atoms with Crippen LogP contribution in [0.3, 0.4) is 0 Å². The van der Waals surface area contributed by atoms with Gasteiger partial charge in [0.25, 0.3) is 0 Å². The summed E-state index contributed by atoms with van der Waals surface area (Å²) in [4.78, 5) is 4.69. The van der Waals surface area contributed by atoms with Gasteiger partial charge in [-0.15, -0.1) is 0 Å². The largest absolute Gasteiger partial charge is 0.365 e. The van der Waals surface area contributed by atoms with E-state index < -0.39 is 0 Å². The third kappa shape index (κ3) is 2.65. The Bertz CT molecular complexity index is 461. The molecule has 18 heavy (non-hydrogen) atoms. The Labute approximate surface area is 110 Å². The molecule has 0 amide bonds. The van der Waals surface area contributed by atoms with Crippen molar-refractivity contribution in [3.05, 3.63) is 29.3 Å². The third-order valence-electron chi connectivity index (χ3n) is 3.83. The first-order valence-corrected chi connectivity index (χ1v) is 6.51. The molecule has 1 saturated heterocycles. The van der Waals surface area contributed by atoms with Gasteiger partial charge >= 0.3 is 0 Å². The zero-order chi connectivity index (χ0) is 13.1. The smallest absolute Gasteiger partial charge is 0.0643 e. The van der Waals surface area contributed by atoms with E-state index in [0.717, 1.165) is 19.6 Å². The van der Waals surface area contributed by atoms with Gasteiger partial charge in [0.15, 0.2) is 0 Å². The number of likely N-dealkylation sites (N-methyl/N-ethyl adjacent to an activating group) is 1. The maximum Gasteiger partial charge on any atom is 0.0643 e. The average Bonchev–Trinajstić information content (AvgIpc) is 2.34. The van der Waals surface area contributed by atoms with Gasteiger partial charge in [0.1, 0.15) is 0 Å². The molecule has 0 bridgehead atoms. The predicted molar refractivity (Wildman–Crippen MR) is 74.8 cm³/mol. The molecule has 1 atom stereocenters. The molecule has 1 fully saturated rings. The number of hydrogen-bond donors (Lipinski definition) is 0. The van der Waals surface area contributed by atoms with E-state index in [2.05, 4.69) is 55.0 Å². The van der Waals surface area contributed by atoms with Crippen molar-refractivity contribution in [2.24, 2.45) is 0 Å². The Morgan fingerprint density at radius 1 is 1.28 bits per heavy atom. The summed E-state index contributed by atoms with van der Waals surface area (Å²) in [5, 5.41) is 8.97. The Balaban J connectivity index is 2.24. The molecule has 0 aliphatic carbocycles. The summed E-state index contributed by atoms with van der Waals surface area (Å²) in [7, 11) is 2.13. The predicted octanol–water partition coefficient (Wildman–Crippen LogP) is 2.34. The summed E-state index contributed by atoms with van der Waals surface area (Å²) in [6, 6.07) is 9.22. The summed E-state index contributed by atoms with van der Waals surface area (Å²) in [5.74, 6) is 0. The zero-order valence-corrected chi connectivity index (χ0v) is 11.5. The lowest BCUT2D eigenvalue weighted by Crippen LogP contribution is -2.51. The van der Waals surface area contributed by atoms with Crippen molar-refractivity contribution < 1.29 is 0 Å². The van der Waals surface area contributed by atoms with Crippen LogP contribution in [0.15, 0.2) is 18.2 Å². The Hall–Kier alpha value is -1.53. The van der Waals surface area contributed by atoms with E-state index in [1.54, 1.807) is 0 Å². The molecule has 2 rings (SSSR count). The van der Waals surface area contributed by atoms with Crippen LogP contribution >= 0.6 is 0 Å². The highest BCUT2D eigenvalue weighted by Crippen LogP contribution is 2.24. The molecule has 0 N–H and O–H groups in total. The van der Waals surface area contributed by atoms with Crippen molar-refractivity contribution in [3.8, 4) is 6.07 Å². The lowest BCUT2D eigenvalue weighted by Gasteiger charge is -2.40. The van der Waals surface area contributed by atoms with E-state index in [1.165, 1.54) is 16.8 Å². The molecule has 3 nitrogen and oxygen atoms in total. The van der Waals surface area contributed by atoms with E-state index in [1.807, 2.05) is 0 Å². The average molecular weight is 243 g/mol.